The summed E-state index contributed by atoms with van der Waals surface area (Å²) in [6.07, 6.45) is 0. The lowest BCUT2D eigenvalue weighted by atomic mass is 10.2. The van der Waals surface area contributed by atoms with Crippen LogP contribution in [0.2, 0.25) is 0 Å². The van der Waals surface area contributed by atoms with Crippen molar-refractivity contribution in [2.45, 2.75) is 6.92 Å². The Bertz CT molecular complexity index is 1290. The van der Waals surface area contributed by atoms with Gasteiger partial charge in [-0.05, 0) is 90.2 Å². The van der Waals surface area contributed by atoms with E-state index in [1.807, 2.05) is 6.92 Å². The molecule has 7 nitrogen and oxygen atoms in total. The van der Waals surface area contributed by atoms with E-state index in [2.05, 4.69) is 27.9 Å². The molecule has 172 valence electrons. The van der Waals surface area contributed by atoms with E-state index in [1.165, 1.54) is 0 Å². The fourth-order valence-corrected chi connectivity index (χ4v) is 3.81. The van der Waals surface area contributed by atoms with Gasteiger partial charge in [0.05, 0.1) is 17.9 Å². The zero-order valence-electron chi connectivity index (χ0n) is 17.9. The minimum absolute atomic E-state index is 0.0359. The van der Waals surface area contributed by atoms with Gasteiger partial charge < -0.3 is 14.8 Å². The van der Waals surface area contributed by atoms with Gasteiger partial charge in [-0.2, -0.15) is 0 Å². The van der Waals surface area contributed by atoms with E-state index in [0.717, 1.165) is 8.47 Å². The highest BCUT2D eigenvalue weighted by Crippen LogP contribution is 2.31. The lowest BCUT2D eigenvalue weighted by molar-refractivity contribution is -0.120. The van der Waals surface area contributed by atoms with Crippen molar-refractivity contribution in [2.24, 2.45) is 0 Å². The fraction of sp³-hybridized carbons (Fsp3) is 0.0800. The molecule has 0 bridgehead atoms. The average Bonchev–Trinajstić information content (AvgIpc) is 3.04. The maximum Gasteiger partial charge on any atom is 0.343 e. The predicted molar refractivity (Wildman–Crippen MR) is 137 cm³/mol. The van der Waals surface area contributed by atoms with Gasteiger partial charge in [0.2, 0.25) is 0 Å². The van der Waals surface area contributed by atoms with Gasteiger partial charge in [0.1, 0.15) is 10.7 Å². The highest BCUT2D eigenvalue weighted by atomic mass is 127. The molecule has 0 spiro atoms. The molecule has 34 heavy (non-hydrogen) atoms. The molecular formula is C25H18ClIN2O5. The van der Waals surface area contributed by atoms with E-state index in [-0.39, 0.29) is 10.7 Å². The second-order valence-electron chi connectivity index (χ2n) is 7.08. The molecule has 1 aliphatic rings. The molecule has 4 rings (SSSR count). The molecule has 0 saturated carbocycles. The summed E-state index contributed by atoms with van der Waals surface area (Å²) >= 11 is 8.31. The van der Waals surface area contributed by atoms with Crippen LogP contribution in [-0.4, -0.2) is 24.4 Å². The Morgan fingerprint density at radius 3 is 2.24 bits per heavy atom. The number of carbonyl (C=O) groups is 3. The number of ether oxygens (including phenoxy) is 2. The van der Waals surface area contributed by atoms with Gasteiger partial charge in [0, 0.05) is 9.26 Å². The molecule has 3 aromatic carbocycles. The van der Waals surface area contributed by atoms with E-state index in [0.29, 0.717) is 35.0 Å². The molecule has 0 radical (unpaired) electrons. The second kappa shape index (κ2) is 10.3. The zero-order chi connectivity index (χ0) is 24.2. The lowest BCUT2D eigenvalue weighted by Gasteiger charge is -2.15. The van der Waals surface area contributed by atoms with Crippen molar-refractivity contribution < 1.29 is 23.9 Å². The minimum atomic E-state index is -0.608. The van der Waals surface area contributed by atoms with Crippen LogP contribution in [0.25, 0.3) is 0 Å². The quantitative estimate of drug-likeness (QED) is 0.174. The number of nitrogens with zero attached hydrogens (tertiary/aromatic N) is 1. The molecule has 0 fully saturated rings. The second-order valence-corrected chi connectivity index (χ2v) is 8.71. The Balaban J connectivity index is 1.47. The van der Waals surface area contributed by atoms with Crippen LogP contribution in [0.5, 0.6) is 11.5 Å². The maximum absolute atomic E-state index is 12.9. The summed E-state index contributed by atoms with van der Waals surface area (Å²) in [4.78, 5) is 39.1. The third-order valence-electron chi connectivity index (χ3n) is 4.85. The molecule has 2 amide bonds. The van der Waals surface area contributed by atoms with Gasteiger partial charge in [-0.3, -0.25) is 9.59 Å². The van der Waals surface area contributed by atoms with Crippen LogP contribution in [0.3, 0.4) is 0 Å². The van der Waals surface area contributed by atoms with E-state index < -0.39 is 17.8 Å². The summed E-state index contributed by atoms with van der Waals surface area (Å²) in [6, 6.07) is 20.1. The fourth-order valence-electron chi connectivity index (χ4n) is 3.24. The Morgan fingerprint density at radius 1 is 0.941 bits per heavy atom. The summed E-state index contributed by atoms with van der Waals surface area (Å²) < 4.78 is 11.9. The Kier molecular flexibility index (Phi) is 7.18. The molecule has 0 aromatic heterocycles. The third kappa shape index (κ3) is 4.92. The number of benzene rings is 3. The summed E-state index contributed by atoms with van der Waals surface area (Å²) in [6.45, 7) is 2.28. The number of nitrogens with one attached hydrogen (secondary N) is 1. The summed E-state index contributed by atoms with van der Waals surface area (Å²) in [5.41, 5.74) is 1.17. The Morgan fingerprint density at radius 2 is 1.59 bits per heavy atom. The Labute approximate surface area is 214 Å². The number of imide groups is 1. The van der Waals surface area contributed by atoms with Gasteiger partial charge in [-0.15, -0.1) is 0 Å². The normalized spacial score (nSPS) is 13.3. The zero-order valence-corrected chi connectivity index (χ0v) is 20.8. The number of anilines is 2. The average molecular weight is 589 g/mol. The molecule has 0 atom stereocenters. The number of amides is 2. The number of hydrogen-bond donors (Lipinski definition) is 1. The van der Waals surface area contributed by atoms with Crippen LogP contribution in [0.1, 0.15) is 17.3 Å². The van der Waals surface area contributed by atoms with Crippen molar-refractivity contribution in [3.8, 4) is 11.5 Å². The largest absolute Gasteiger partial charge is 0.490 e. The van der Waals surface area contributed by atoms with Crippen LogP contribution < -0.4 is 19.7 Å². The van der Waals surface area contributed by atoms with E-state index >= 15 is 0 Å². The summed E-state index contributed by atoms with van der Waals surface area (Å²) in [5, 5.41) is 2.68. The highest BCUT2D eigenvalue weighted by Gasteiger charge is 2.38. The number of carbonyl (C=O) groups excluding carboxylic acids is 3. The topological polar surface area (TPSA) is 84.9 Å². The Hall–Kier alpha value is -3.37. The molecule has 1 heterocycles. The number of halogens is 2. The predicted octanol–water partition coefficient (Wildman–Crippen LogP) is 5.34. The molecule has 1 aliphatic heterocycles. The monoisotopic (exact) mass is 588 g/mol. The van der Waals surface area contributed by atoms with Crippen molar-refractivity contribution in [1.29, 1.82) is 0 Å². The van der Waals surface area contributed by atoms with E-state index in [9.17, 15) is 14.4 Å². The SMILES string of the molecule is CCOc1ccccc1OC(=O)c1ccc(NC2=C(Cl)C(=O)N(c3ccc(I)cc3)C2=O)cc1. The standard InChI is InChI=1S/C25H18ClIN2O5/c1-2-33-19-5-3-4-6-20(19)34-25(32)15-7-11-17(12-8-15)28-22-21(26)23(30)29(24(22)31)18-13-9-16(27)10-14-18/h3-14,28H,2H2,1H3. The smallest absolute Gasteiger partial charge is 0.343 e. The molecule has 9 heteroatoms. The molecule has 3 aromatic rings. The molecule has 0 saturated heterocycles. The molecule has 0 aliphatic carbocycles. The van der Waals surface area contributed by atoms with Crippen LogP contribution in [0.15, 0.2) is 83.5 Å². The van der Waals surface area contributed by atoms with E-state index in [1.54, 1.807) is 72.8 Å². The number of hydrogen-bond acceptors (Lipinski definition) is 6. The lowest BCUT2D eigenvalue weighted by Crippen LogP contribution is -2.32. The molecular weight excluding hydrogens is 571 g/mol. The first kappa shape index (κ1) is 23.8. The maximum atomic E-state index is 12.9. The first-order valence-electron chi connectivity index (χ1n) is 10.2. The third-order valence-corrected chi connectivity index (χ3v) is 5.92. The first-order chi connectivity index (χ1) is 16.4. The first-order valence-corrected chi connectivity index (χ1v) is 11.7. The van der Waals surface area contributed by atoms with Crippen LogP contribution in [-0.2, 0) is 9.59 Å². The van der Waals surface area contributed by atoms with Crippen molar-refractivity contribution in [1.82, 2.24) is 0 Å². The molecule has 1 N–H and O–H groups in total. The van der Waals surface area contributed by atoms with Crippen LogP contribution in [0, 0.1) is 3.57 Å². The van der Waals surface area contributed by atoms with Crippen LogP contribution >= 0.6 is 34.2 Å². The molecule has 0 unspecified atom stereocenters. The summed E-state index contributed by atoms with van der Waals surface area (Å²) in [5.74, 6) is -0.941. The highest BCUT2D eigenvalue weighted by molar-refractivity contribution is 14.1. The van der Waals surface area contributed by atoms with Gasteiger partial charge in [0.25, 0.3) is 11.8 Å². The number of para-hydroxylation sites is 2. The minimum Gasteiger partial charge on any atom is -0.490 e. The van der Waals surface area contributed by atoms with Gasteiger partial charge in [-0.1, -0.05) is 23.7 Å². The van der Waals surface area contributed by atoms with Gasteiger partial charge >= 0.3 is 5.97 Å². The summed E-state index contributed by atoms with van der Waals surface area (Å²) in [7, 11) is 0. The number of rotatable bonds is 7. The van der Waals surface area contributed by atoms with Crippen molar-refractivity contribution in [3.05, 3.63) is 92.7 Å². The van der Waals surface area contributed by atoms with Gasteiger partial charge in [0.15, 0.2) is 11.5 Å². The van der Waals surface area contributed by atoms with Gasteiger partial charge in [-0.25, -0.2) is 9.69 Å². The van der Waals surface area contributed by atoms with Crippen molar-refractivity contribution in [3.63, 3.8) is 0 Å². The van der Waals surface area contributed by atoms with Crippen molar-refractivity contribution >= 4 is 63.4 Å². The van der Waals surface area contributed by atoms with Crippen LogP contribution in [0.4, 0.5) is 11.4 Å². The van der Waals surface area contributed by atoms with Crippen molar-refractivity contribution in [2.75, 3.05) is 16.8 Å². The number of esters is 1. The van der Waals surface area contributed by atoms with E-state index in [4.69, 9.17) is 21.1 Å².